The van der Waals surface area contributed by atoms with E-state index in [1.807, 2.05) is 6.07 Å². The zero-order chi connectivity index (χ0) is 17.1. The largest absolute Gasteiger partial charge is 0.478 e. The molecule has 0 atom stereocenters. The minimum absolute atomic E-state index is 0.0470. The molecule has 24 heavy (non-hydrogen) atoms. The standard InChI is InChI=1S/C17H19N5O2/c1-10-13(17(23)24)7-11(8-18)16(20-10)19-9-15-12-5-3-2-4-6-14(12)21-22-15/h7H,2-6,9H2,1H3,(H,19,20)(H,21,22)(H,23,24). The molecule has 0 radical (unpaired) electrons. The van der Waals surface area contributed by atoms with E-state index in [9.17, 15) is 10.1 Å². The first-order chi connectivity index (χ1) is 11.6. The number of aryl methyl sites for hydroxylation is 2. The molecule has 2 aromatic rings. The van der Waals surface area contributed by atoms with Gasteiger partial charge in [0.1, 0.15) is 11.9 Å². The molecular weight excluding hydrogens is 306 g/mol. The van der Waals surface area contributed by atoms with Crippen LogP contribution in [0.4, 0.5) is 5.82 Å². The van der Waals surface area contributed by atoms with Crippen LogP contribution >= 0.6 is 0 Å². The number of fused-ring (bicyclic) bond motifs is 1. The van der Waals surface area contributed by atoms with E-state index in [0.29, 0.717) is 18.1 Å². The van der Waals surface area contributed by atoms with E-state index in [0.717, 1.165) is 25.0 Å². The van der Waals surface area contributed by atoms with Crippen molar-refractivity contribution in [1.82, 2.24) is 15.2 Å². The molecule has 0 fully saturated rings. The Labute approximate surface area is 139 Å². The smallest absolute Gasteiger partial charge is 0.337 e. The number of pyridine rings is 1. The molecule has 124 valence electrons. The molecule has 0 amide bonds. The van der Waals surface area contributed by atoms with Crippen LogP contribution in [0.15, 0.2) is 6.07 Å². The average Bonchev–Trinajstić information content (AvgIpc) is 2.79. The Balaban J connectivity index is 1.83. The highest BCUT2D eigenvalue weighted by atomic mass is 16.4. The van der Waals surface area contributed by atoms with Gasteiger partial charge in [-0.2, -0.15) is 10.4 Å². The van der Waals surface area contributed by atoms with Gasteiger partial charge < -0.3 is 10.4 Å². The summed E-state index contributed by atoms with van der Waals surface area (Å²) in [6.07, 6.45) is 5.60. The van der Waals surface area contributed by atoms with Crippen LogP contribution in [0.25, 0.3) is 0 Å². The van der Waals surface area contributed by atoms with Crippen molar-refractivity contribution in [3.63, 3.8) is 0 Å². The summed E-state index contributed by atoms with van der Waals surface area (Å²) in [6, 6.07) is 3.36. The van der Waals surface area contributed by atoms with Crippen molar-refractivity contribution in [3.05, 3.63) is 39.8 Å². The fourth-order valence-corrected chi connectivity index (χ4v) is 3.08. The van der Waals surface area contributed by atoms with Crippen molar-refractivity contribution in [2.45, 2.75) is 45.6 Å². The molecule has 0 saturated heterocycles. The molecular formula is C17H19N5O2. The molecule has 1 aliphatic rings. The summed E-state index contributed by atoms with van der Waals surface area (Å²) >= 11 is 0. The van der Waals surface area contributed by atoms with E-state index in [4.69, 9.17) is 5.11 Å². The Morgan fingerprint density at radius 1 is 1.42 bits per heavy atom. The number of aromatic carboxylic acids is 1. The maximum Gasteiger partial charge on any atom is 0.337 e. The normalized spacial score (nSPS) is 13.7. The Hall–Kier alpha value is -2.88. The molecule has 1 aliphatic carbocycles. The number of nitrogens with one attached hydrogen (secondary N) is 2. The van der Waals surface area contributed by atoms with E-state index >= 15 is 0 Å². The van der Waals surface area contributed by atoms with Crippen molar-refractivity contribution in [2.75, 3.05) is 5.32 Å². The molecule has 0 spiro atoms. The predicted molar refractivity (Wildman–Crippen MR) is 87.8 cm³/mol. The Kier molecular flexibility index (Phi) is 4.47. The second kappa shape index (κ2) is 6.71. The van der Waals surface area contributed by atoms with Crippen LogP contribution in [-0.4, -0.2) is 26.3 Å². The quantitative estimate of drug-likeness (QED) is 0.744. The third kappa shape index (κ3) is 3.08. The minimum atomic E-state index is -1.08. The second-order valence-corrected chi connectivity index (χ2v) is 5.98. The number of carboxylic acid groups (broad SMARTS) is 1. The number of nitriles is 1. The lowest BCUT2D eigenvalue weighted by molar-refractivity contribution is 0.0695. The number of H-pyrrole nitrogens is 1. The van der Waals surface area contributed by atoms with Crippen LogP contribution in [-0.2, 0) is 19.4 Å². The van der Waals surface area contributed by atoms with Crippen LogP contribution in [0.2, 0.25) is 0 Å². The molecule has 7 heteroatoms. The van der Waals surface area contributed by atoms with Gasteiger partial charge in [-0.05, 0) is 44.2 Å². The number of nitrogens with zero attached hydrogens (tertiary/aromatic N) is 3. The molecule has 0 aliphatic heterocycles. The van der Waals surface area contributed by atoms with Crippen molar-refractivity contribution in [3.8, 4) is 6.07 Å². The molecule has 0 bridgehead atoms. The zero-order valence-corrected chi connectivity index (χ0v) is 13.5. The van der Waals surface area contributed by atoms with Crippen LogP contribution in [0, 0.1) is 18.3 Å². The minimum Gasteiger partial charge on any atom is -0.478 e. The summed E-state index contributed by atoms with van der Waals surface area (Å²) in [6.45, 7) is 2.08. The van der Waals surface area contributed by atoms with Gasteiger partial charge in [0.15, 0.2) is 0 Å². The Bertz CT molecular complexity index is 819. The number of aromatic amines is 1. The maximum atomic E-state index is 11.2. The van der Waals surface area contributed by atoms with Crippen molar-refractivity contribution in [2.24, 2.45) is 0 Å². The number of aromatic nitrogens is 3. The van der Waals surface area contributed by atoms with E-state index < -0.39 is 5.97 Å². The fourth-order valence-electron chi connectivity index (χ4n) is 3.08. The van der Waals surface area contributed by atoms with Gasteiger partial charge >= 0.3 is 5.97 Å². The molecule has 7 nitrogen and oxygen atoms in total. The van der Waals surface area contributed by atoms with Crippen LogP contribution in [0.3, 0.4) is 0 Å². The highest BCUT2D eigenvalue weighted by Crippen LogP contribution is 2.23. The summed E-state index contributed by atoms with van der Waals surface area (Å²) in [5.41, 5.74) is 4.06. The highest BCUT2D eigenvalue weighted by Gasteiger charge is 2.17. The SMILES string of the molecule is Cc1nc(NCc2n[nH]c3c2CCCCC3)c(C#N)cc1C(=O)O. The molecule has 3 N–H and O–H groups in total. The molecule has 3 rings (SSSR count). The lowest BCUT2D eigenvalue weighted by Crippen LogP contribution is -2.10. The van der Waals surface area contributed by atoms with Crippen LogP contribution < -0.4 is 5.32 Å². The van der Waals surface area contributed by atoms with Gasteiger partial charge in [-0.15, -0.1) is 0 Å². The van der Waals surface area contributed by atoms with E-state index in [-0.39, 0.29) is 11.1 Å². The van der Waals surface area contributed by atoms with Gasteiger partial charge in [0.25, 0.3) is 0 Å². The third-order valence-corrected chi connectivity index (χ3v) is 4.38. The summed E-state index contributed by atoms with van der Waals surface area (Å²) in [4.78, 5) is 15.4. The van der Waals surface area contributed by atoms with Crippen LogP contribution in [0.5, 0.6) is 0 Å². The first kappa shape index (κ1) is 16.0. The summed E-state index contributed by atoms with van der Waals surface area (Å²) in [5, 5.41) is 29.0. The number of hydrogen-bond acceptors (Lipinski definition) is 5. The van der Waals surface area contributed by atoms with E-state index in [2.05, 4.69) is 20.5 Å². The topological polar surface area (TPSA) is 115 Å². The molecule has 0 unspecified atom stereocenters. The van der Waals surface area contributed by atoms with Gasteiger partial charge in [-0.25, -0.2) is 9.78 Å². The van der Waals surface area contributed by atoms with E-state index in [1.54, 1.807) is 6.92 Å². The predicted octanol–water partition coefficient (Wildman–Crippen LogP) is 2.56. The molecule has 0 aromatic carbocycles. The lowest BCUT2D eigenvalue weighted by atomic mass is 10.1. The van der Waals surface area contributed by atoms with Gasteiger partial charge in [0, 0.05) is 5.69 Å². The van der Waals surface area contributed by atoms with Crippen molar-refractivity contribution in [1.29, 1.82) is 5.26 Å². The molecule has 0 saturated carbocycles. The van der Waals surface area contributed by atoms with Gasteiger partial charge in [0.2, 0.25) is 0 Å². The number of carbonyl (C=O) groups is 1. The van der Waals surface area contributed by atoms with Gasteiger partial charge in [-0.1, -0.05) is 6.42 Å². The number of hydrogen-bond donors (Lipinski definition) is 3. The second-order valence-electron chi connectivity index (χ2n) is 5.98. The Morgan fingerprint density at radius 2 is 2.21 bits per heavy atom. The molecule has 2 heterocycles. The first-order valence-corrected chi connectivity index (χ1v) is 8.04. The van der Waals surface area contributed by atoms with Gasteiger partial charge in [0.05, 0.1) is 29.1 Å². The number of anilines is 1. The van der Waals surface area contributed by atoms with Gasteiger partial charge in [-0.3, -0.25) is 5.10 Å². The molecule has 2 aromatic heterocycles. The average molecular weight is 325 g/mol. The number of carboxylic acids is 1. The lowest BCUT2D eigenvalue weighted by Gasteiger charge is -2.10. The summed E-state index contributed by atoms with van der Waals surface area (Å²) in [7, 11) is 0. The fraction of sp³-hybridized carbons (Fsp3) is 0.412. The third-order valence-electron chi connectivity index (χ3n) is 4.38. The van der Waals surface area contributed by atoms with Crippen molar-refractivity contribution >= 4 is 11.8 Å². The van der Waals surface area contributed by atoms with E-state index in [1.165, 1.54) is 30.2 Å². The summed E-state index contributed by atoms with van der Waals surface area (Å²) < 4.78 is 0. The highest BCUT2D eigenvalue weighted by molar-refractivity contribution is 5.89. The first-order valence-electron chi connectivity index (χ1n) is 8.04. The zero-order valence-electron chi connectivity index (χ0n) is 13.5. The summed E-state index contributed by atoms with van der Waals surface area (Å²) in [5.74, 6) is -0.689. The Morgan fingerprint density at radius 3 is 2.96 bits per heavy atom. The number of rotatable bonds is 4. The van der Waals surface area contributed by atoms with Crippen molar-refractivity contribution < 1.29 is 9.90 Å². The van der Waals surface area contributed by atoms with Crippen LogP contribution in [0.1, 0.15) is 57.8 Å². The maximum absolute atomic E-state index is 11.2. The monoisotopic (exact) mass is 325 g/mol.